The third-order valence-corrected chi connectivity index (χ3v) is 5.95. The van der Waals surface area contributed by atoms with Crippen molar-refractivity contribution < 1.29 is 28.3 Å². The number of carbonyl (C=O) groups excluding carboxylic acids is 1. The smallest absolute Gasteiger partial charge is 0.412 e. The highest BCUT2D eigenvalue weighted by Gasteiger charge is 2.23. The molecule has 2 aromatic carbocycles. The highest BCUT2D eigenvalue weighted by molar-refractivity contribution is 6.31. The lowest BCUT2D eigenvalue weighted by molar-refractivity contribution is -0.138. The molecule has 0 spiro atoms. The molecule has 1 amide bonds. The molecule has 2 unspecified atom stereocenters. The normalized spacial score (nSPS) is 12.4. The van der Waals surface area contributed by atoms with E-state index in [-0.39, 0.29) is 11.4 Å². The van der Waals surface area contributed by atoms with Crippen molar-refractivity contribution in [3.63, 3.8) is 0 Å². The van der Waals surface area contributed by atoms with Crippen molar-refractivity contribution in [1.29, 1.82) is 0 Å². The first kappa shape index (κ1) is 25.6. The Labute approximate surface area is 216 Å². The van der Waals surface area contributed by atoms with Gasteiger partial charge in [-0.2, -0.15) is 4.39 Å². The standard InChI is InChI=1S/C26H22ClFN4O5/c1-14(25(33)34)17-7-4-6-10-20(17)30-21-12-11-16(13-29-21)22-23(24(28)37-32-22)31-26(35)36-15(2)18-8-3-5-9-19(18)27/h3-15H,1-2H3,(H,29,30)(H,31,35)(H,33,34). The molecule has 0 saturated carbocycles. The van der Waals surface area contributed by atoms with Gasteiger partial charge in [0.25, 0.3) is 0 Å². The summed E-state index contributed by atoms with van der Waals surface area (Å²) in [7, 11) is 0. The van der Waals surface area contributed by atoms with E-state index in [0.29, 0.717) is 33.2 Å². The maximum absolute atomic E-state index is 14.3. The number of carbonyl (C=O) groups is 2. The van der Waals surface area contributed by atoms with Crippen molar-refractivity contribution in [3.8, 4) is 11.3 Å². The summed E-state index contributed by atoms with van der Waals surface area (Å²) < 4.78 is 24.3. The van der Waals surface area contributed by atoms with Crippen molar-refractivity contribution >= 4 is 40.9 Å². The second-order valence-corrected chi connectivity index (χ2v) is 8.49. The topological polar surface area (TPSA) is 127 Å². The van der Waals surface area contributed by atoms with Crippen LogP contribution in [0.3, 0.4) is 0 Å². The van der Waals surface area contributed by atoms with Crippen LogP contribution in [0.15, 0.2) is 71.4 Å². The lowest BCUT2D eigenvalue weighted by Gasteiger charge is -2.15. The number of nitrogens with zero attached hydrogens (tertiary/aromatic N) is 2. The van der Waals surface area contributed by atoms with Crippen LogP contribution in [-0.2, 0) is 9.53 Å². The number of rotatable bonds is 8. The summed E-state index contributed by atoms with van der Waals surface area (Å²) in [5.74, 6) is -1.26. The van der Waals surface area contributed by atoms with E-state index < -0.39 is 30.1 Å². The van der Waals surface area contributed by atoms with Gasteiger partial charge in [0, 0.05) is 28.0 Å². The van der Waals surface area contributed by atoms with Gasteiger partial charge >= 0.3 is 18.1 Å². The van der Waals surface area contributed by atoms with Crippen molar-refractivity contribution in [2.45, 2.75) is 25.9 Å². The van der Waals surface area contributed by atoms with Gasteiger partial charge in [-0.1, -0.05) is 53.2 Å². The number of aliphatic carboxylic acids is 1. The zero-order valence-corrected chi connectivity index (χ0v) is 20.5. The number of ether oxygens (including phenoxy) is 1. The van der Waals surface area contributed by atoms with E-state index in [0.717, 1.165) is 0 Å². The number of nitrogens with one attached hydrogen (secondary N) is 2. The summed E-state index contributed by atoms with van der Waals surface area (Å²) in [4.78, 5) is 28.2. The molecule has 3 N–H and O–H groups in total. The van der Waals surface area contributed by atoms with Crippen molar-refractivity contribution in [1.82, 2.24) is 10.1 Å². The van der Waals surface area contributed by atoms with Gasteiger partial charge in [-0.05, 0) is 43.7 Å². The number of halogens is 2. The molecule has 0 fully saturated rings. The molecular weight excluding hydrogens is 503 g/mol. The maximum Gasteiger partial charge on any atom is 0.412 e. The fourth-order valence-corrected chi connectivity index (χ4v) is 3.89. The van der Waals surface area contributed by atoms with Gasteiger partial charge in [0.1, 0.15) is 17.6 Å². The minimum atomic E-state index is -1.10. The van der Waals surface area contributed by atoms with Crippen LogP contribution in [0.1, 0.15) is 37.0 Å². The SMILES string of the molecule is CC(OC(=O)Nc1c(-c2ccc(Nc3ccccc3C(C)C(=O)O)nc2)noc1F)c1ccccc1Cl. The Bertz CT molecular complexity index is 1430. The van der Waals surface area contributed by atoms with Gasteiger partial charge in [-0.25, -0.2) is 9.78 Å². The van der Waals surface area contributed by atoms with Crippen molar-refractivity contribution in [2.75, 3.05) is 10.6 Å². The second-order valence-electron chi connectivity index (χ2n) is 8.08. The minimum absolute atomic E-state index is 0.0128. The minimum Gasteiger partial charge on any atom is -0.481 e. The molecule has 190 valence electrons. The number of anilines is 3. The van der Waals surface area contributed by atoms with Crippen molar-refractivity contribution in [2.24, 2.45) is 0 Å². The predicted octanol–water partition coefficient (Wildman–Crippen LogP) is 6.77. The van der Waals surface area contributed by atoms with Gasteiger partial charge in [-0.15, -0.1) is 0 Å². The Hall–Kier alpha value is -4.44. The molecule has 2 aromatic heterocycles. The quantitative estimate of drug-likeness (QED) is 0.230. The summed E-state index contributed by atoms with van der Waals surface area (Å²) in [5.41, 5.74) is 1.84. The Morgan fingerprint density at radius 3 is 2.43 bits per heavy atom. The van der Waals surface area contributed by atoms with Gasteiger partial charge < -0.3 is 19.7 Å². The first-order chi connectivity index (χ1) is 17.7. The number of amides is 1. The van der Waals surface area contributed by atoms with Crippen LogP contribution in [0.5, 0.6) is 0 Å². The van der Waals surface area contributed by atoms with Crippen LogP contribution in [0.4, 0.5) is 26.4 Å². The number of para-hydroxylation sites is 1. The maximum atomic E-state index is 14.3. The highest BCUT2D eigenvalue weighted by Crippen LogP contribution is 2.32. The summed E-state index contributed by atoms with van der Waals surface area (Å²) in [6.45, 7) is 3.23. The van der Waals surface area contributed by atoms with E-state index in [1.54, 1.807) is 74.5 Å². The molecule has 2 atom stereocenters. The molecule has 4 rings (SSSR count). The lowest BCUT2D eigenvalue weighted by atomic mass is 9.99. The van der Waals surface area contributed by atoms with Crippen LogP contribution >= 0.6 is 11.6 Å². The van der Waals surface area contributed by atoms with Gasteiger partial charge in [0.15, 0.2) is 5.69 Å². The number of benzene rings is 2. The van der Waals surface area contributed by atoms with Crippen LogP contribution in [0, 0.1) is 6.01 Å². The number of hydrogen-bond acceptors (Lipinski definition) is 7. The number of aromatic nitrogens is 2. The number of carboxylic acids is 1. The van der Waals surface area contributed by atoms with Crippen LogP contribution in [0.2, 0.25) is 5.02 Å². The van der Waals surface area contributed by atoms with E-state index in [4.69, 9.17) is 16.3 Å². The van der Waals surface area contributed by atoms with E-state index in [1.165, 1.54) is 6.20 Å². The summed E-state index contributed by atoms with van der Waals surface area (Å²) >= 11 is 6.14. The van der Waals surface area contributed by atoms with Crippen molar-refractivity contribution in [3.05, 3.63) is 89.0 Å². The monoisotopic (exact) mass is 524 g/mol. The molecular formula is C26H22ClFN4O5. The van der Waals surface area contributed by atoms with Gasteiger partial charge in [-0.3, -0.25) is 10.1 Å². The Morgan fingerprint density at radius 2 is 1.76 bits per heavy atom. The van der Waals surface area contributed by atoms with Gasteiger partial charge in [0.05, 0.1) is 5.92 Å². The number of pyridine rings is 1. The molecule has 4 aromatic rings. The van der Waals surface area contributed by atoms with Crippen LogP contribution in [-0.4, -0.2) is 27.3 Å². The molecule has 0 radical (unpaired) electrons. The summed E-state index contributed by atoms with van der Waals surface area (Å²) in [6.07, 6.45) is -0.212. The van der Waals surface area contributed by atoms with Gasteiger partial charge in [0.2, 0.25) is 0 Å². The molecule has 0 aliphatic heterocycles. The molecule has 2 heterocycles. The fraction of sp³-hybridized carbons (Fsp3) is 0.154. The zero-order valence-electron chi connectivity index (χ0n) is 19.7. The molecule has 0 aliphatic rings. The third kappa shape index (κ3) is 5.87. The molecule has 0 saturated heterocycles. The first-order valence-electron chi connectivity index (χ1n) is 11.2. The average molecular weight is 525 g/mol. The summed E-state index contributed by atoms with van der Waals surface area (Å²) in [5, 5.41) is 18.9. The number of carboxylic acid groups (broad SMARTS) is 1. The summed E-state index contributed by atoms with van der Waals surface area (Å²) in [6, 6.07) is 16.0. The fourth-order valence-electron chi connectivity index (χ4n) is 3.60. The molecule has 0 bridgehead atoms. The molecule has 11 heteroatoms. The second kappa shape index (κ2) is 11.1. The van der Waals surface area contributed by atoms with E-state index in [2.05, 4.69) is 25.3 Å². The van der Waals surface area contributed by atoms with E-state index in [1.807, 2.05) is 0 Å². The average Bonchev–Trinajstić information content (AvgIpc) is 3.24. The first-order valence-corrected chi connectivity index (χ1v) is 11.5. The molecule has 0 aliphatic carbocycles. The predicted molar refractivity (Wildman–Crippen MR) is 135 cm³/mol. The highest BCUT2D eigenvalue weighted by atomic mass is 35.5. The van der Waals surface area contributed by atoms with Crippen LogP contribution < -0.4 is 10.6 Å². The molecule has 9 nitrogen and oxygen atoms in total. The Morgan fingerprint density at radius 1 is 1.05 bits per heavy atom. The zero-order chi connectivity index (χ0) is 26.5. The Balaban J connectivity index is 1.49. The Kier molecular flexibility index (Phi) is 7.69. The largest absolute Gasteiger partial charge is 0.481 e. The third-order valence-electron chi connectivity index (χ3n) is 5.60. The van der Waals surface area contributed by atoms with Crippen LogP contribution in [0.25, 0.3) is 11.3 Å². The van der Waals surface area contributed by atoms with E-state index >= 15 is 0 Å². The number of hydrogen-bond donors (Lipinski definition) is 3. The molecule has 37 heavy (non-hydrogen) atoms. The lowest BCUT2D eigenvalue weighted by Crippen LogP contribution is -2.17. The van der Waals surface area contributed by atoms with E-state index in [9.17, 15) is 19.1 Å².